The molecule has 0 fully saturated rings. The number of carbonyl (C=O) groups is 1. The third kappa shape index (κ3) is 1.33. The van der Waals surface area contributed by atoms with Crippen molar-refractivity contribution >= 4 is 17.8 Å². The maximum atomic E-state index is 11.3. The maximum Gasteiger partial charge on any atom is 0.252 e. The molecule has 0 atom stereocenters. The molecule has 0 unspecified atom stereocenters. The van der Waals surface area contributed by atoms with Crippen molar-refractivity contribution in [2.24, 2.45) is 5.10 Å². The summed E-state index contributed by atoms with van der Waals surface area (Å²) in [4.78, 5) is 11.3. The van der Waals surface area contributed by atoms with E-state index in [0.29, 0.717) is 6.42 Å². The number of nitrogens with zero attached hydrogens (tertiary/aromatic N) is 2. The molecule has 1 heterocycles. The van der Waals surface area contributed by atoms with Crippen LogP contribution in [0.25, 0.3) is 0 Å². The molecule has 1 amide bonds. The highest BCUT2D eigenvalue weighted by molar-refractivity contribution is 6.05. The number of aryl methyl sites for hydroxylation is 1. The van der Waals surface area contributed by atoms with E-state index in [1.165, 1.54) is 5.01 Å². The first kappa shape index (κ1) is 7.98. The molecule has 2 rings (SSSR count). The Kier molecular flexibility index (Phi) is 1.85. The fourth-order valence-corrected chi connectivity index (χ4v) is 1.35. The lowest BCUT2D eigenvalue weighted by Crippen LogP contribution is -2.20. The number of hydrogen-bond donors (Lipinski definition) is 0. The van der Waals surface area contributed by atoms with Gasteiger partial charge < -0.3 is 0 Å². The SMILES string of the molecule is Cc1ccccc1N1N=CCC1=O. The number of amides is 1. The van der Waals surface area contributed by atoms with E-state index in [1.807, 2.05) is 31.2 Å². The van der Waals surface area contributed by atoms with Crippen LogP contribution in [-0.2, 0) is 4.79 Å². The molecule has 3 heteroatoms. The van der Waals surface area contributed by atoms with Gasteiger partial charge in [-0.3, -0.25) is 4.79 Å². The standard InChI is InChI=1S/C10H10N2O/c1-8-4-2-3-5-9(8)12-10(13)6-7-11-12/h2-5,7H,6H2,1H3. The van der Waals surface area contributed by atoms with Crippen LogP contribution in [0.1, 0.15) is 12.0 Å². The highest BCUT2D eigenvalue weighted by Gasteiger charge is 2.19. The van der Waals surface area contributed by atoms with Gasteiger partial charge in [0.15, 0.2) is 0 Å². The first-order chi connectivity index (χ1) is 6.29. The van der Waals surface area contributed by atoms with Crippen LogP contribution in [0, 0.1) is 6.92 Å². The number of para-hydroxylation sites is 1. The molecule has 3 nitrogen and oxygen atoms in total. The van der Waals surface area contributed by atoms with Crippen molar-refractivity contribution in [2.75, 3.05) is 5.01 Å². The molecule has 13 heavy (non-hydrogen) atoms. The van der Waals surface area contributed by atoms with Crippen molar-refractivity contribution in [1.82, 2.24) is 0 Å². The lowest BCUT2D eigenvalue weighted by Gasteiger charge is -2.13. The fourth-order valence-electron chi connectivity index (χ4n) is 1.35. The number of carbonyl (C=O) groups excluding carboxylic acids is 1. The average molecular weight is 174 g/mol. The Morgan fingerprint density at radius 1 is 1.38 bits per heavy atom. The van der Waals surface area contributed by atoms with Gasteiger partial charge in [-0.1, -0.05) is 18.2 Å². The summed E-state index contributed by atoms with van der Waals surface area (Å²) in [7, 11) is 0. The predicted octanol–water partition coefficient (Wildman–Crippen LogP) is 1.72. The maximum absolute atomic E-state index is 11.3. The van der Waals surface area contributed by atoms with Gasteiger partial charge in [-0.25, -0.2) is 5.01 Å². The van der Waals surface area contributed by atoms with E-state index in [2.05, 4.69) is 5.10 Å². The van der Waals surface area contributed by atoms with Crippen molar-refractivity contribution in [1.29, 1.82) is 0 Å². The highest BCUT2D eigenvalue weighted by Crippen LogP contribution is 2.22. The largest absolute Gasteiger partial charge is 0.272 e. The minimum atomic E-state index is 0.0364. The molecule has 66 valence electrons. The molecule has 0 saturated carbocycles. The van der Waals surface area contributed by atoms with Crippen molar-refractivity contribution in [3.8, 4) is 0 Å². The molecule has 0 aromatic heterocycles. The predicted molar refractivity (Wildman–Crippen MR) is 51.8 cm³/mol. The third-order valence-corrected chi connectivity index (χ3v) is 2.04. The van der Waals surface area contributed by atoms with Gasteiger partial charge >= 0.3 is 0 Å². The molecule has 0 bridgehead atoms. The lowest BCUT2D eigenvalue weighted by atomic mass is 10.2. The second-order valence-corrected chi connectivity index (χ2v) is 2.99. The minimum absolute atomic E-state index is 0.0364. The quantitative estimate of drug-likeness (QED) is 0.638. The highest BCUT2D eigenvalue weighted by atomic mass is 16.2. The van der Waals surface area contributed by atoms with Gasteiger partial charge in [0.25, 0.3) is 5.91 Å². The zero-order chi connectivity index (χ0) is 9.26. The van der Waals surface area contributed by atoms with Gasteiger partial charge in [0.2, 0.25) is 0 Å². The summed E-state index contributed by atoms with van der Waals surface area (Å²) >= 11 is 0. The first-order valence-electron chi connectivity index (χ1n) is 4.20. The van der Waals surface area contributed by atoms with Gasteiger partial charge in [0.1, 0.15) is 0 Å². The molecule has 0 spiro atoms. The molecule has 1 aromatic carbocycles. The van der Waals surface area contributed by atoms with Gasteiger partial charge in [-0.05, 0) is 18.6 Å². The summed E-state index contributed by atoms with van der Waals surface area (Å²) in [5, 5.41) is 5.46. The molecule has 0 saturated heterocycles. The third-order valence-electron chi connectivity index (χ3n) is 2.04. The topological polar surface area (TPSA) is 32.7 Å². The number of hydrogen-bond acceptors (Lipinski definition) is 2. The second kappa shape index (κ2) is 3.01. The fraction of sp³-hybridized carbons (Fsp3) is 0.200. The van der Waals surface area contributed by atoms with Crippen molar-refractivity contribution < 1.29 is 4.79 Å². The van der Waals surface area contributed by atoms with Crippen molar-refractivity contribution in [2.45, 2.75) is 13.3 Å². The van der Waals surface area contributed by atoms with Crippen LogP contribution in [-0.4, -0.2) is 12.1 Å². The summed E-state index contributed by atoms with van der Waals surface area (Å²) in [5.41, 5.74) is 1.94. The van der Waals surface area contributed by atoms with Crippen LogP contribution in [0.3, 0.4) is 0 Å². The minimum Gasteiger partial charge on any atom is -0.272 e. The molecule has 1 aliphatic heterocycles. The Morgan fingerprint density at radius 2 is 2.15 bits per heavy atom. The van der Waals surface area contributed by atoms with Crippen molar-refractivity contribution in [3.63, 3.8) is 0 Å². The zero-order valence-corrected chi connectivity index (χ0v) is 7.40. The smallest absolute Gasteiger partial charge is 0.252 e. The number of hydrazone groups is 1. The van der Waals surface area contributed by atoms with Crippen LogP contribution < -0.4 is 5.01 Å². The van der Waals surface area contributed by atoms with Crippen LogP contribution in [0.4, 0.5) is 5.69 Å². The van der Waals surface area contributed by atoms with E-state index in [9.17, 15) is 4.79 Å². The molecular weight excluding hydrogens is 164 g/mol. The Hall–Kier alpha value is -1.64. The summed E-state index contributed by atoms with van der Waals surface area (Å²) in [6.45, 7) is 1.97. The summed E-state index contributed by atoms with van der Waals surface area (Å²) in [6.07, 6.45) is 2.04. The van der Waals surface area contributed by atoms with E-state index < -0.39 is 0 Å². The molecule has 1 aliphatic rings. The van der Waals surface area contributed by atoms with E-state index in [0.717, 1.165) is 11.3 Å². The molecule has 0 N–H and O–H groups in total. The summed E-state index contributed by atoms with van der Waals surface area (Å²) < 4.78 is 0. The Labute approximate surface area is 76.7 Å². The van der Waals surface area contributed by atoms with Gasteiger partial charge in [0, 0.05) is 6.21 Å². The normalized spacial score (nSPS) is 15.5. The van der Waals surface area contributed by atoms with Crippen molar-refractivity contribution in [3.05, 3.63) is 29.8 Å². The zero-order valence-electron chi connectivity index (χ0n) is 7.40. The van der Waals surface area contributed by atoms with Gasteiger partial charge in [-0.2, -0.15) is 5.10 Å². The monoisotopic (exact) mass is 174 g/mol. The van der Waals surface area contributed by atoms with Crippen LogP contribution in [0.2, 0.25) is 0 Å². The van der Waals surface area contributed by atoms with E-state index in [4.69, 9.17) is 0 Å². The van der Waals surface area contributed by atoms with E-state index in [1.54, 1.807) is 6.21 Å². The molecule has 1 aromatic rings. The Bertz CT molecular complexity index is 371. The summed E-state index contributed by atoms with van der Waals surface area (Å²) in [6, 6.07) is 7.72. The van der Waals surface area contributed by atoms with Crippen LogP contribution >= 0.6 is 0 Å². The number of anilines is 1. The number of benzene rings is 1. The first-order valence-corrected chi connectivity index (χ1v) is 4.20. The van der Waals surface area contributed by atoms with E-state index in [-0.39, 0.29) is 5.91 Å². The Balaban J connectivity index is 2.40. The van der Waals surface area contributed by atoms with Crippen LogP contribution in [0.5, 0.6) is 0 Å². The number of rotatable bonds is 1. The molecular formula is C10H10N2O. The van der Waals surface area contributed by atoms with Crippen LogP contribution in [0.15, 0.2) is 29.4 Å². The molecule has 0 aliphatic carbocycles. The second-order valence-electron chi connectivity index (χ2n) is 2.99. The van der Waals surface area contributed by atoms with Gasteiger partial charge in [0.05, 0.1) is 12.1 Å². The molecule has 0 radical (unpaired) electrons. The average Bonchev–Trinajstić information content (AvgIpc) is 2.52. The summed E-state index contributed by atoms with van der Waals surface area (Å²) in [5.74, 6) is 0.0364. The van der Waals surface area contributed by atoms with Gasteiger partial charge in [-0.15, -0.1) is 0 Å². The lowest BCUT2D eigenvalue weighted by molar-refractivity contribution is -0.116. The Morgan fingerprint density at radius 3 is 2.77 bits per heavy atom. The van der Waals surface area contributed by atoms with E-state index >= 15 is 0 Å².